The smallest absolute Gasteiger partial charge is 0.372 e. The molecule has 0 unspecified atom stereocenters. The van der Waals surface area contributed by atoms with Crippen LogP contribution in [0.5, 0.6) is 0 Å². The maximum absolute atomic E-state index is 13.9. The first-order chi connectivity index (χ1) is 15.7. The summed E-state index contributed by atoms with van der Waals surface area (Å²) in [6, 6.07) is 14.7. The molecule has 0 bridgehead atoms. The minimum Gasteiger partial charge on any atom is -0.372 e. The van der Waals surface area contributed by atoms with Gasteiger partial charge in [0, 0.05) is 41.8 Å². The van der Waals surface area contributed by atoms with E-state index in [0.29, 0.717) is 6.07 Å². The second kappa shape index (κ2) is 10.2. The van der Waals surface area contributed by atoms with Crippen LogP contribution >= 0.6 is 0 Å². The van der Waals surface area contributed by atoms with Gasteiger partial charge in [-0.3, -0.25) is 9.78 Å². The number of benzene rings is 2. The number of rotatable bonds is 5. The zero-order valence-electron chi connectivity index (χ0n) is 17.7. The van der Waals surface area contributed by atoms with Gasteiger partial charge in [-0.2, -0.15) is 13.2 Å². The number of aromatic nitrogens is 2. The molecule has 4 N–H and O–H groups in total. The molecule has 0 saturated carbocycles. The number of pyridine rings is 1. The minimum atomic E-state index is -4.78. The van der Waals surface area contributed by atoms with Crippen molar-refractivity contribution in [3.63, 3.8) is 0 Å². The molecule has 0 aliphatic carbocycles. The molecule has 4 rings (SSSR count). The van der Waals surface area contributed by atoms with Crippen molar-refractivity contribution in [3.8, 4) is 0 Å². The number of nitrogens with one attached hydrogen (secondary N) is 2. The van der Waals surface area contributed by atoms with E-state index in [2.05, 4.69) is 40.4 Å². The standard InChI is InChI=1S/C14H10F4N2O.C10H12N2/c15-12-8(2-1-3-11(12)14(16,17)18)6-9-7-20-5-4-10(9)13(19)21;1-2-11-10-7-8-5-3-4-6-9(8)12-10/h1-5,7H,6H2,(H2,19,21);3-7,11-12H,2H2,1H3. The van der Waals surface area contributed by atoms with Crippen molar-refractivity contribution < 1.29 is 22.4 Å². The molecular formula is C24H22F4N4O. The van der Waals surface area contributed by atoms with E-state index < -0.39 is 23.5 Å². The lowest BCUT2D eigenvalue weighted by molar-refractivity contribution is -0.140. The Balaban J connectivity index is 0.000000215. The summed E-state index contributed by atoms with van der Waals surface area (Å²) in [5.74, 6) is -1.01. The molecule has 0 spiro atoms. The van der Waals surface area contributed by atoms with E-state index in [1.807, 2.05) is 12.1 Å². The quantitative estimate of drug-likeness (QED) is 0.344. The highest BCUT2D eigenvalue weighted by atomic mass is 19.4. The molecule has 2 aromatic heterocycles. The van der Waals surface area contributed by atoms with Gasteiger partial charge in [0.2, 0.25) is 5.91 Å². The molecule has 0 aliphatic heterocycles. The highest BCUT2D eigenvalue weighted by Gasteiger charge is 2.34. The van der Waals surface area contributed by atoms with Crippen molar-refractivity contribution in [2.75, 3.05) is 11.9 Å². The fourth-order valence-corrected chi connectivity index (χ4v) is 3.31. The third-order valence-electron chi connectivity index (χ3n) is 4.83. The molecule has 0 radical (unpaired) electrons. The second-order valence-corrected chi connectivity index (χ2v) is 7.15. The van der Waals surface area contributed by atoms with Crippen LogP contribution in [0.3, 0.4) is 0 Å². The Morgan fingerprint density at radius 3 is 2.52 bits per heavy atom. The second-order valence-electron chi connectivity index (χ2n) is 7.15. The average molecular weight is 458 g/mol. The number of carbonyl (C=O) groups is 1. The molecule has 0 aliphatic rings. The molecule has 9 heteroatoms. The number of para-hydroxylation sites is 1. The van der Waals surface area contributed by atoms with Crippen molar-refractivity contribution in [2.45, 2.75) is 19.5 Å². The normalized spacial score (nSPS) is 11.1. The predicted molar refractivity (Wildman–Crippen MR) is 119 cm³/mol. The van der Waals surface area contributed by atoms with Crippen LogP contribution in [-0.2, 0) is 12.6 Å². The fraction of sp³-hybridized carbons (Fsp3) is 0.167. The number of fused-ring (bicyclic) bond motifs is 1. The van der Waals surface area contributed by atoms with E-state index in [4.69, 9.17) is 5.73 Å². The molecule has 4 aromatic rings. The third-order valence-corrected chi connectivity index (χ3v) is 4.83. The lowest BCUT2D eigenvalue weighted by atomic mass is 9.99. The van der Waals surface area contributed by atoms with Crippen LogP contribution in [0, 0.1) is 5.82 Å². The third kappa shape index (κ3) is 5.88. The number of anilines is 1. The molecule has 33 heavy (non-hydrogen) atoms. The topological polar surface area (TPSA) is 83.8 Å². The van der Waals surface area contributed by atoms with Gasteiger partial charge in [-0.15, -0.1) is 0 Å². The van der Waals surface area contributed by atoms with Crippen molar-refractivity contribution in [1.29, 1.82) is 0 Å². The largest absolute Gasteiger partial charge is 0.419 e. The highest BCUT2D eigenvalue weighted by Crippen LogP contribution is 2.33. The van der Waals surface area contributed by atoms with Crippen LogP contribution in [0.25, 0.3) is 10.9 Å². The maximum Gasteiger partial charge on any atom is 0.419 e. The van der Waals surface area contributed by atoms with Crippen LogP contribution < -0.4 is 11.1 Å². The van der Waals surface area contributed by atoms with Gasteiger partial charge < -0.3 is 16.0 Å². The molecule has 1 amide bonds. The predicted octanol–water partition coefficient (Wildman–Crippen LogP) is 5.53. The van der Waals surface area contributed by atoms with Crippen molar-refractivity contribution >= 4 is 22.6 Å². The number of nitrogens with two attached hydrogens (primary N) is 1. The van der Waals surface area contributed by atoms with Crippen molar-refractivity contribution in [1.82, 2.24) is 9.97 Å². The summed E-state index contributed by atoms with van der Waals surface area (Å²) in [6.45, 7) is 3.04. The van der Waals surface area contributed by atoms with Gasteiger partial charge in [0.25, 0.3) is 0 Å². The van der Waals surface area contributed by atoms with Crippen molar-refractivity contribution in [2.24, 2.45) is 5.73 Å². The minimum absolute atomic E-state index is 0.0989. The lowest BCUT2D eigenvalue weighted by Gasteiger charge is -2.12. The van der Waals surface area contributed by atoms with Crippen LogP contribution in [0.1, 0.15) is 34.0 Å². The van der Waals surface area contributed by atoms with E-state index in [-0.39, 0.29) is 23.1 Å². The molecule has 5 nitrogen and oxygen atoms in total. The Labute approximate surface area is 187 Å². The fourth-order valence-electron chi connectivity index (χ4n) is 3.31. The van der Waals surface area contributed by atoms with Gasteiger partial charge >= 0.3 is 6.18 Å². The Kier molecular flexibility index (Phi) is 7.32. The molecule has 0 atom stereocenters. The van der Waals surface area contributed by atoms with E-state index >= 15 is 0 Å². The summed E-state index contributed by atoms with van der Waals surface area (Å²) in [4.78, 5) is 18.3. The number of nitrogens with zero attached hydrogens (tertiary/aromatic N) is 1. The van der Waals surface area contributed by atoms with E-state index in [1.54, 1.807) is 0 Å². The van der Waals surface area contributed by atoms with Gasteiger partial charge in [-0.25, -0.2) is 4.39 Å². The first-order valence-electron chi connectivity index (χ1n) is 10.1. The van der Waals surface area contributed by atoms with Gasteiger partial charge in [-0.05, 0) is 42.3 Å². The number of aromatic amines is 1. The van der Waals surface area contributed by atoms with Crippen molar-refractivity contribution in [3.05, 3.63) is 95.1 Å². The summed E-state index contributed by atoms with van der Waals surface area (Å²) in [7, 11) is 0. The molecule has 172 valence electrons. The maximum atomic E-state index is 13.9. The number of hydrogen-bond acceptors (Lipinski definition) is 3. The van der Waals surface area contributed by atoms with Crippen LogP contribution in [0.4, 0.5) is 23.4 Å². The summed E-state index contributed by atoms with van der Waals surface area (Å²) in [6.07, 6.45) is -2.38. The van der Waals surface area contributed by atoms with Gasteiger partial charge in [0.1, 0.15) is 11.6 Å². The number of hydrogen-bond donors (Lipinski definition) is 3. The summed E-state index contributed by atoms with van der Waals surface area (Å²) >= 11 is 0. The van der Waals surface area contributed by atoms with Crippen LogP contribution in [0.2, 0.25) is 0 Å². The number of primary amides is 1. The highest BCUT2D eigenvalue weighted by molar-refractivity contribution is 5.94. The van der Waals surface area contributed by atoms with Gasteiger partial charge in [-0.1, -0.05) is 30.3 Å². The Hall–Kier alpha value is -3.88. The molecular weight excluding hydrogens is 436 g/mol. The number of alkyl halides is 3. The molecule has 0 saturated heterocycles. The van der Waals surface area contributed by atoms with Gasteiger partial charge in [0.05, 0.1) is 5.56 Å². The first-order valence-corrected chi connectivity index (χ1v) is 10.1. The number of H-pyrrole nitrogens is 1. The first kappa shape index (κ1) is 23.8. The average Bonchev–Trinajstić information content (AvgIpc) is 3.18. The Morgan fingerprint density at radius 1 is 1.09 bits per heavy atom. The number of carbonyl (C=O) groups excluding carboxylic acids is 1. The van der Waals surface area contributed by atoms with Crippen LogP contribution in [0.15, 0.2) is 67.0 Å². The van der Waals surface area contributed by atoms with Crippen LogP contribution in [-0.4, -0.2) is 22.4 Å². The Bertz CT molecular complexity index is 1220. The molecule has 0 fully saturated rings. The summed E-state index contributed by atoms with van der Waals surface area (Å²) < 4.78 is 51.9. The summed E-state index contributed by atoms with van der Waals surface area (Å²) in [5.41, 5.74) is 5.20. The summed E-state index contributed by atoms with van der Waals surface area (Å²) in [5, 5.41) is 4.50. The van der Waals surface area contributed by atoms with E-state index in [1.165, 1.54) is 35.4 Å². The monoisotopic (exact) mass is 458 g/mol. The zero-order chi connectivity index (χ0) is 24.0. The SMILES string of the molecule is CCNc1cc2ccccc2[nH]1.NC(=O)c1ccncc1Cc1cccc(C(F)(F)F)c1F. The Morgan fingerprint density at radius 2 is 1.85 bits per heavy atom. The number of halogens is 4. The lowest BCUT2D eigenvalue weighted by Crippen LogP contribution is -2.15. The van der Waals surface area contributed by atoms with E-state index in [0.717, 1.165) is 18.4 Å². The number of amides is 1. The molecule has 2 aromatic carbocycles. The zero-order valence-corrected chi connectivity index (χ0v) is 17.7. The molecule has 2 heterocycles. The van der Waals surface area contributed by atoms with Gasteiger partial charge in [0.15, 0.2) is 0 Å². The van der Waals surface area contributed by atoms with E-state index in [9.17, 15) is 22.4 Å².